The summed E-state index contributed by atoms with van der Waals surface area (Å²) in [6.45, 7) is 0. The number of hydrogen-bond donors (Lipinski definition) is 0. The van der Waals surface area contributed by atoms with Gasteiger partial charge in [-0.1, -0.05) is 127 Å². The van der Waals surface area contributed by atoms with Crippen molar-refractivity contribution in [2.75, 3.05) is 0 Å². The van der Waals surface area contributed by atoms with Crippen LogP contribution in [0, 0.1) is 0 Å². The first-order valence-corrected chi connectivity index (χ1v) is 18.9. The molecule has 0 N–H and O–H groups in total. The lowest BCUT2D eigenvalue weighted by molar-refractivity contribution is 0.668. The fourth-order valence-electron chi connectivity index (χ4n) is 8.36. The number of para-hydroxylation sites is 2. The molecule has 0 aliphatic carbocycles. The van der Waals surface area contributed by atoms with Crippen molar-refractivity contribution in [3.8, 4) is 56.4 Å². The van der Waals surface area contributed by atoms with Crippen molar-refractivity contribution in [1.29, 1.82) is 0 Å². The molecule has 8 aromatic carbocycles. The summed E-state index contributed by atoms with van der Waals surface area (Å²) >= 11 is 0. The highest BCUT2D eigenvalue weighted by molar-refractivity contribution is 6.17. The molecular weight excluding hydrogens is 703 g/mol. The van der Waals surface area contributed by atoms with Gasteiger partial charge in [0.05, 0.1) is 0 Å². The maximum atomic E-state index is 6.65. The normalized spacial score (nSPS) is 11.9. The first-order chi connectivity index (χ1) is 28.2. The summed E-state index contributed by atoms with van der Waals surface area (Å²) in [4.78, 5) is 15.0. The molecule has 0 unspecified atom stereocenters. The van der Waals surface area contributed by atoms with Gasteiger partial charge < -0.3 is 13.3 Å². The summed E-state index contributed by atoms with van der Waals surface area (Å²) in [6.07, 6.45) is 0. The van der Waals surface area contributed by atoms with Crippen molar-refractivity contribution >= 4 is 65.8 Å². The third kappa shape index (κ3) is 5.01. The quantitative estimate of drug-likeness (QED) is 0.175. The van der Waals surface area contributed by atoms with Crippen LogP contribution < -0.4 is 0 Å². The summed E-state index contributed by atoms with van der Waals surface area (Å²) in [5.74, 6) is 1.70. The van der Waals surface area contributed by atoms with Crippen LogP contribution in [-0.4, -0.2) is 15.0 Å². The average Bonchev–Trinajstić information content (AvgIpc) is 3.97. The minimum Gasteiger partial charge on any atom is -0.456 e. The van der Waals surface area contributed by atoms with Crippen LogP contribution in [0.5, 0.6) is 0 Å². The number of rotatable bonds is 5. The van der Waals surface area contributed by atoms with Crippen LogP contribution in [0.25, 0.3) is 122 Å². The van der Waals surface area contributed by atoms with Crippen LogP contribution in [0.2, 0.25) is 0 Å². The van der Waals surface area contributed by atoms with Crippen molar-refractivity contribution in [2.24, 2.45) is 0 Å². The van der Waals surface area contributed by atoms with Gasteiger partial charge in [0.15, 0.2) is 17.5 Å². The zero-order chi connectivity index (χ0) is 37.5. The van der Waals surface area contributed by atoms with Crippen LogP contribution in [0.15, 0.2) is 189 Å². The maximum Gasteiger partial charge on any atom is 0.164 e. The molecule has 0 spiro atoms. The van der Waals surface area contributed by atoms with Crippen molar-refractivity contribution in [2.45, 2.75) is 0 Å². The van der Waals surface area contributed by atoms with Gasteiger partial charge in [-0.3, -0.25) is 0 Å². The molecule has 12 aromatic rings. The first-order valence-electron chi connectivity index (χ1n) is 18.9. The molecule has 6 nitrogen and oxygen atoms in total. The third-order valence-corrected chi connectivity index (χ3v) is 11.0. The van der Waals surface area contributed by atoms with E-state index < -0.39 is 0 Å². The fraction of sp³-hybridized carbons (Fsp3) is 0. The predicted octanol–water partition coefficient (Wildman–Crippen LogP) is 13.9. The van der Waals surface area contributed by atoms with Crippen molar-refractivity contribution in [3.63, 3.8) is 0 Å². The van der Waals surface area contributed by atoms with Gasteiger partial charge >= 0.3 is 0 Å². The van der Waals surface area contributed by atoms with Crippen LogP contribution in [0.1, 0.15) is 0 Å². The largest absolute Gasteiger partial charge is 0.456 e. The molecule has 266 valence electrons. The summed E-state index contributed by atoms with van der Waals surface area (Å²) in [5.41, 5.74) is 12.0. The van der Waals surface area contributed by atoms with Crippen LogP contribution >= 0.6 is 0 Å². The molecule has 4 heterocycles. The Hall–Kier alpha value is -7.83. The molecule has 0 radical (unpaired) electrons. The minimum atomic E-state index is 0.553. The fourth-order valence-corrected chi connectivity index (χ4v) is 8.36. The Bertz CT molecular complexity index is 3540. The second-order valence-electron chi connectivity index (χ2n) is 14.3. The number of nitrogens with zero attached hydrogens (tertiary/aromatic N) is 3. The Morgan fingerprint density at radius 3 is 1.32 bits per heavy atom. The lowest BCUT2D eigenvalue weighted by Crippen LogP contribution is -2.00. The van der Waals surface area contributed by atoms with E-state index in [0.717, 1.165) is 105 Å². The first kappa shape index (κ1) is 31.5. The molecule has 0 fully saturated rings. The number of furan rings is 3. The maximum absolute atomic E-state index is 6.65. The summed E-state index contributed by atoms with van der Waals surface area (Å²) in [6, 6.07) is 59.9. The van der Waals surface area contributed by atoms with E-state index in [4.69, 9.17) is 28.2 Å². The van der Waals surface area contributed by atoms with E-state index in [1.165, 1.54) is 0 Å². The zero-order valence-corrected chi connectivity index (χ0v) is 30.3. The molecule has 4 aromatic heterocycles. The Kier molecular flexibility index (Phi) is 6.83. The van der Waals surface area contributed by atoms with Gasteiger partial charge in [-0.2, -0.15) is 0 Å². The van der Waals surface area contributed by atoms with Gasteiger partial charge in [0.2, 0.25) is 0 Å². The Balaban J connectivity index is 1.01. The predicted molar refractivity (Wildman–Crippen MR) is 229 cm³/mol. The lowest BCUT2D eigenvalue weighted by Gasteiger charge is -2.12. The molecule has 0 saturated heterocycles. The summed E-state index contributed by atoms with van der Waals surface area (Å²) < 4.78 is 19.2. The van der Waals surface area contributed by atoms with Gasteiger partial charge in [0.1, 0.15) is 33.5 Å². The van der Waals surface area contributed by atoms with E-state index >= 15 is 0 Å². The lowest BCUT2D eigenvalue weighted by atomic mass is 9.90. The van der Waals surface area contributed by atoms with Crippen molar-refractivity contribution < 1.29 is 13.3 Å². The SMILES string of the molecule is c1ccc(-c2nc(-c3ccc4c(c3)oc3ccccc34)nc(-c3ccc4c(c3)oc3cccc(-c5ccccc5-c5cccc6oc7ccccc7c56)c34)n2)cc1. The van der Waals surface area contributed by atoms with Gasteiger partial charge in [-0.25, -0.2) is 15.0 Å². The highest BCUT2D eigenvalue weighted by Gasteiger charge is 2.20. The zero-order valence-electron chi connectivity index (χ0n) is 30.3. The molecule has 6 heteroatoms. The number of fused-ring (bicyclic) bond motifs is 9. The smallest absolute Gasteiger partial charge is 0.164 e. The van der Waals surface area contributed by atoms with Crippen LogP contribution in [0.3, 0.4) is 0 Å². The molecular formula is C51H29N3O3. The number of hydrogen-bond acceptors (Lipinski definition) is 6. The van der Waals surface area contributed by atoms with Crippen LogP contribution in [-0.2, 0) is 0 Å². The minimum absolute atomic E-state index is 0.553. The second-order valence-corrected chi connectivity index (χ2v) is 14.3. The monoisotopic (exact) mass is 731 g/mol. The van der Waals surface area contributed by atoms with Crippen molar-refractivity contribution in [1.82, 2.24) is 15.0 Å². The van der Waals surface area contributed by atoms with E-state index in [2.05, 4.69) is 91.0 Å². The highest BCUT2D eigenvalue weighted by Crippen LogP contribution is 2.44. The van der Waals surface area contributed by atoms with Gasteiger partial charge in [-0.15, -0.1) is 0 Å². The average molecular weight is 732 g/mol. The molecule has 0 amide bonds. The molecule has 0 aliphatic heterocycles. The molecule has 57 heavy (non-hydrogen) atoms. The van der Waals surface area contributed by atoms with E-state index in [0.29, 0.717) is 17.5 Å². The second kappa shape index (κ2) is 12.3. The highest BCUT2D eigenvalue weighted by atomic mass is 16.3. The number of aromatic nitrogens is 3. The van der Waals surface area contributed by atoms with E-state index in [1.807, 2.05) is 84.9 Å². The Morgan fingerprint density at radius 2 is 0.667 bits per heavy atom. The van der Waals surface area contributed by atoms with Crippen LogP contribution in [0.4, 0.5) is 0 Å². The third-order valence-electron chi connectivity index (χ3n) is 11.0. The van der Waals surface area contributed by atoms with E-state index in [-0.39, 0.29) is 0 Å². The number of benzene rings is 8. The molecule has 0 saturated carbocycles. The summed E-state index contributed by atoms with van der Waals surface area (Å²) in [5, 5.41) is 6.41. The molecule has 0 bridgehead atoms. The molecule has 12 rings (SSSR count). The summed E-state index contributed by atoms with van der Waals surface area (Å²) in [7, 11) is 0. The van der Waals surface area contributed by atoms with Gasteiger partial charge in [0, 0.05) is 49.0 Å². The Labute approximate surface area is 325 Å². The van der Waals surface area contributed by atoms with E-state index in [9.17, 15) is 0 Å². The van der Waals surface area contributed by atoms with Gasteiger partial charge in [-0.05, 0) is 70.8 Å². The Morgan fingerprint density at radius 1 is 0.263 bits per heavy atom. The topological polar surface area (TPSA) is 78.1 Å². The van der Waals surface area contributed by atoms with Gasteiger partial charge in [0.25, 0.3) is 0 Å². The van der Waals surface area contributed by atoms with Crippen molar-refractivity contribution in [3.05, 3.63) is 176 Å². The van der Waals surface area contributed by atoms with E-state index in [1.54, 1.807) is 0 Å². The standard InChI is InChI=1S/C51H29N3O3/c1-2-12-30(13-3-1)49-52-50(31-24-26-36-35-16-6-8-20-41(35)56-45(36)28-31)54-51(53-49)32-25-27-40-46(29-32)57-44-23-11-19-38(48(40)44)34-15-5-4-14-33(34)37-18-10-22-43-47(37)39-17-7-9-21-42(39)55-43/h1-29H. The molecule has 0 atom stereocenters. The molecule has 0 aliphatic rings.